The Kier molecular flexibility index (Phi) is 76.2. The number of phenolic OH excluding ortho intramolecular Hbond substituents is 2. The standard InChI is InChI=1S/C13H20N2O4.C13H22N2O2.C9H10ClNO4.C9H9NO5.C9H10O3.C7H7NO4.C7H8O2.C4H11N.C2H4BrCl.C2H6O.C2H5O.CH4.Na/c1-4-14(5-2)8-9-19-11-6-7-13(18-3)12(10-11)15(16)17;1-4-15(5-2)8-9-17-11-6-7-13(16-3)12(14)10-11;1-14-9-3-2-7(15-5-4-10)6-8(9)11(12)13;1-6(11)15-7-3-4-9(14-2)8(5-7)10(12)13;1-7(10)12-9-5-3-8(11-2)4-6-9;1-12-7-3-2-5(9)4-6(7)8(10)11;1-9-7-4-2-6(8)3-5-7;1-3-5-4-2;3-1-2-4;2*1-2-3;;/h6-7,10H,4-5,8-9H2,1-3H3;6-7,10H,4-5,8-9,14H2,1-3H3;2-3,6H,4-5H2,1H3;3-5H,1-2H3;3-6H,1-2H3;2-4,9H,1H3;2-5,8H,1H3;5H,3-4H2,1-2H3;1-2H2;3H,2H2,1H3;2H2,1H3;1H4;/q;;;;;;;;;;-1;;+1. The normalized spacial score (nSPS) is 9.31. The number of carbonyl (C=O) groups is 2. The van der Waals surface area contributed by atoms with Gasteiger partial charge < -0.3 is 98.1 Å². The van der Waals surface area contributed by atoms with Crippen molar-refractivity contribution in [1.29, 1.82) is 0 Å². The summed E-state index contributed by atoms with van der Waals surface area (Å²) in [5.41, 5.74) is 5.73. The third-order valence-electron chi connectivity index (χ3n) is 13.3. The molecule has 7 aromatic carbocycles. The number of phenols is 2. The van der Waals surface area contributed by atoms with Gasteiger partial charge in [0.1, 0.15) is 77.3 Å². The number of esters is 2. The first-order valence-electron chi connectivity index (χ1n) is 35.1. The third-order valence-corrected chi connectivity index (χ3v) is 14.5. The summed E-state index contributed by atoms with van der Waals surface area (Å²) in [6, 6.07) is 35.5. The van der Waals surface area contributed by atoms with Gasteiger partial charge in [-0.1, -0.05) is 71.8 Å². The number of nitro benzene ring substituents is 4. The number of hydrogen-bond donors (Lipinski definition) is 5. The SMILES string of the molecule is C.CCN(CC)CCOc1ccc(OC)c(N)c1.CCN(CC)CCOc1ccc(OC)c([N+](=O)[O-])c1.CCNCC.CCO.CC[O-].COc1ccc(O)cc1.COc1ccc(O)cc1[N+](=O)[O-].COc1ccc(OC(C)=O)cc1.COc1ccc(OC(C)=O)cc1[N+](=O)[O-].COc1ccc(OCCCl)cc1[N+](=O)[O-].ClCCBr.[Na+]. The number of aliphatic hydroxyl groups is 1. The van der Waals surface area contributed by atoms with Gasteiger partial charge in [-0.3, -0.25) is 50.0 Å². The van der Waals surface area contributed by atoms with Crippen LogP contribution >= 0.6 is 39.1 Å². The van der Waals surface area contributed by atoms with Gasteiger partial charge in [0.05, 0.1) is 105 Å². The topological polar surface area (TPSA) is 446 Å². The molecule has 0 spiro atoms. The number of alkyl halides is 3. The van der Waals surface area contributed by atoms with Crippen molar-refractivity contribution < 1.29 is 136 Å². The molecule has 0 saturated carbocycles. The molecule has 0 fully saturated rings. The summed E-state index contributed by atoms with van der Waals surface area (Å²) in [6.07, 6.45) is 0. The molecule has 6 N–H and O–H groups in total. The Hall–Kier alpha value is -9.66. The van der Waals surface area contributed by atoms with Crippen molar-refractivity contribution in [2.24, 2.45) is 0 Å². The zero-order valence-corrected chi connectivity index (χ0v) is 73.8. The first-order valence-corrected chi connectivity index (χ1v) is 37.3. The van der Waals surface area contributed by atoms with Gasteiger partial charge in [0, 0.05) is 50.8 Å². The number of hydrogen-bond acceptors (Lipinski definition) is 30. The first-order chi connectivity index (χ1) is 54.4. The zero-order valence-electron chi connectivity index (χ0n) is 68.7. The number of nitrogens with one attached hydrogen (secondary N) is 1. The molecule has 116 heavy (non-hydrogen) atoms. The molecule has 0 amide bonds. The van der Waals surface area contributed by atoms with Gasteiger partial charge in [0.25, 0.3) is 0 Å². The largest absolute Gasteiger partial charge is 1.00 e. The Labute approximate surface area is 721 Å². The smallest absolute Gasteiger partial charge is 0.855 e. The van der Waals surface area contributed by atoms with Crippen molar-refractivity contribution in [2.45, 2.75) is 76.7 Å². The maximum absolute atomic E-state index is 10.9. The number of likely N-dealkylation sites (N-methyl/N-ethyl adjacent to an activating group) is 2. The van der Waals surface area contributed by atoms with E-state index in [0.29, 0.717) is 60.3 Å². The summed E-state index contributed by atoms with van der Waals surface area (Å²) in [5.74, 6) is 5.51. The molecule has 7 rings (SSSR count). The molecule has 0 heterocycles. The van der Waals surface area contributed by atoms with E-state index < -0.39 is 25.7 Å². The number of benzene rings is 7. The number of rotatable bonds is 31. The molecule has 0 saturated heterocycles. The van der Waals surface area contributed by atoms with E-state index in [-0.39, 0.29) is 119 Å². The number of halogens is 3. The van der Waals surface area contributed by atoms with Crippen molar-refractivity contribution in [3.63, 3.8) is 0 Å². The number of methoxy groups -OCH3 is 7. The molecule has 0 aromatic heterocycles. The number of nitrogens with two attached hydrogens (primary N) is 1. The molecule has 0 radical (unpaired) electrons. The molecular weight excluding hydrogens is 1640 g/mol. The molecule has 0 aliphatic rings. The van der Waals surface area contributed by atoms with E-state index in [4.69, 9.17) is 106 Å². The molecule has 7 aromatic rings. The van der Waals surface area contributed by atoms with E-state index in [1.165, 1.54) is 84.8 Å². The van der Waals surface area contributed by atoms with Gasteiger partial charge in [0.15, 0.2) is 23.0 Å². The molecule has 0 unspecified atom stereocenters. The minimum absolute atomic E-state index is 0. The molecule has 0 aliphatic heterocycles. The first kappa shape index (κ1) is 117. The van der Waals surface area contributed by atoms with Crippen molar-refractivity contribution in [3.05, 3.63) is 180 Å². The number of ether oxygens (including phenoxy) is 12. The van der Waals surface area contributed by atoms with Crippen LogP contribution in [-0.4, -0.2) is 209 Å². The summed E-state index contributed by atoms with van der Waals surface area (Å²) in [4.78, 5) is 65.9. The van der Waals surface area contributed by atoms with Crippen LogP contribution in [0.25, 0.3) is 0 Å². The van der Waals surface area contributed by atoms with Crippen molar-refractivity contribution in [2.75, 3.05) is 158 Å². The molecule has 34 nitrogen and oxygen atoms in total. The average Bonchev–Trinajstić information content (AvgIpc) is 0.863. The van der Waals surface area contributed by atoms with Crippen LogP contribution < -0.4 is 103 Å². The molecular formula is C78H116BrCl2N8NaO26. The predicted octanol–water partition coefficient (Wildman–Crippen LogP) is 11.6. The molecule has 38 heteroatoms. The summed E-state index contributed by atoms with van der Waals surface area (Å²) < 4.78 is 60.0. The van der Waals surface area contributed by atoms with Crippen LogP contribution in [0.15, 0.2) is 140 Å². The van der Waals surface area contributed by atoms with Crippen LogP contribution in [0.1, 0.15) is 76.7 Å². The van der Waals surface area contributed by atoms with Gasteiger partial charge in [-0.05, 0) is 155 Å². The predicted molar refractivity (Wildman–Crippen MR) is 449 cm³/mol. The van der Waals surface area contributed by atoms with Crippen molar-refractivity contribution >= 4 is 79.5 Å². The Morgan fingerprint density at radius 3 is 0.991 bits per heavy atom. The third kappa shape index (κ3) is 56.6. The van der Waals surface area contributed by atoms with Crippen LogP contribution in [0.5, 0.6) is 80.5 Å². The zero-order chi connectivity index (χ0) is 87.4. The van der Waals surface area contributed by atoms with Crippen LogP contribution in [0.2, 0.25) is 0 Å². The monoisotopic (exact) mass is 1750 g/mol. The van der Waals surface area contributed by atoms with Gasteiger partial charge in [-0.25, -0.2) is 0 Å². The Balaban J connectivity index is -0.000000296. The summed E-state index contributed by atoms with van der Waals surface area (Å²) in [7, 11) is 10.2. The van der Waals surface area contributed by atoms with Crippen LogP contribution in [-0.2, 0) is 9.59 Å². The molecule has 0 atom stereocenters. The fourth-order valence-electron chi connectivity index (χ4n) is 7.93. The number of nitro groups is 4. The van der Waals surface area contributed by atoms with E-state index in [2.05, 4.69) is 72.6 Å². The van der Waals surface area contributed by atoms with Crippen LogP contribution in [0.3, 0.4) is 0 Å². The van der Waals surface area contributed by atoms with E-state index in [9.17, 15) is 50.0 Å². The summed E-state index contributed by atoms with van der Waals surface area (Å²) in [6.45, 7) is 28.2. The van der Waals surface area contributed by atoms with E-state index in [1.54, 1.807) is 108 Å². The average molecular weight is 1760 g/mol. The number of nitrogens with zero attached hydrogens (tertiary/aromatic N) is 6. The fraction of sp³-hybridized carbons (Fsp3) is 0.436. The number of aliphatic hydroxyl groups excluding tert-OH is 1. The number of aromatic hydroxyl groups is 2. The Morgan fingerprint density at radius 1 is 0.440 bits per heavy atom. The maximum atomic E-state index is 10.9. The Morgan fingerprint density at radius 2 is 0.707 bits per heavy atom. The van der Waals surface area contributed by atoms with Crippen LogP contribution in [0, 0.1) is 40.5 Å². The molecule has 0 aliphatic carbocycles. The minimum Gasteiger partial charge on any atom is -0.855 e. The van der Waals surface area contributed by atoms with Gasteiger partial charge >= 0.3 is 64.2 Å². The van der Waals surface area contributed by atoms with Crippen molar-refractivity contribution in [3.8, 4) is 80.5 Å². The number of carbonyl (C=O) groups excluding carboxylic acids is 2. The number of anilines is 1. The summed E-state index contributed by atoms with van der Waals surface area (Å²) >= 11 is 13.7. The second-order valence-corrected chi connectivity index (χ2v) is 22.6. The van der Waals surface area contributed by atoms with Gasteiger partial charge in [0.2, 0.25) is 0 Å². The minimum atomic E-state index is -0.613. The van der Waals surface area contributed by atoms with Gasteiger partial charge in [-0.15, -0.1) is 29.8 Å². The van der Waals surface area contributed by atoms with E-state index in [0.717, 1.165) is 87.1 Å². The number of nitrogen functional groups attached to an aromatic ring is 1. The maximum Gasteiger partial charge on any atom is 1.00 e. The van der Waals surface area contributed by atoms with E-state index >= 15 is 0 Å². The van der Waals surface area contributed by atoms with Gasteiger partial charge in [-0.2, -0.15) is 0 Å². The molecule has 0 bridgehead atoms. The quantitative estimate of drug-likeness (QED) is 0.00512. The van der Waals surface area contributed by atoms with E-state index in [1.807, 2.05) is 12.1 Å². The summed E-state index contributed by atoms with van der Waals surface area (Å²) in [5, 5.41) is 80.7. The second kappa shape index (κ2) is 75.4. The second-order valence-electron chi connectivity index (χ2n) is 21.1. The molecule has 646 valence electrons. The Bertz CT molecular complexity index is 3730. The fourth-order valence-corrected chi connectivity index (χ4v) is 8.01. The van der Waals surface area contributed by atoms with Crippen LogP contribution in [0.4, 0.5) is 28.4 Å². The van der Waals surface area contributed by atoms with Crippen molar-refractivity contribution in [1.82, 2.24) is 15.1 Å².